The molecule has 1 saturated heterocycles. The molecule has 4 amide bonds. The maximum Gasteiger partial charge on any atom is 0.329 e. The molecule has 36 heavy (non-hydrogen) atoms. The van der Waals surface area contributed by atoms with Gasteiger partial charge in [0, 0.05) is 5.69 Å². The van der Waals surface area contributed by atoms with E-state index in [-0.39, 0.29) is 12.2 Å². The van der Waals surface area contributed by atoms with Crippen molar-refractivity contribution < 1.29 is 19.1 Å². The third kappa shape index (κ3) is 6.44. The van der Waals surface area contributed by atoms with E-state index >= 15 is 0 Å². The molecule has 0 aromatic heterocycles. The summed E-state index contributed by atoms with van der Waals surface area (Å²) in [6.45, 7) is 4.02. The Hall–Kier alpha value is -2.93. The summed E-state index contributed by atoms with van der Waals surface area (Å²) in [4.78, 5) is 38.6. The largest absolute Gasteiger partial charge is 0.487 e. The minimum Gasteiger partial charge on any atom is -0.487 e. The van der Waals surface area contributed by atoms with Crippen LogP contribution in [0.15, 0.2) is 66.4 Å². The smallest absolute Gasteiger partial charge is 0.329 e. The molecule has 0 bridgehead atoms. The third-order valence-corrected chi connectivity index (χ3v) is 6.97. The van der Waals surface area contributed by atoms with E-state index < -0.39 is 17.8 Å². The second-order valence-corrected chi connectivity index (χ2v) is 10.7. The van der Waals surface area contributed by atoms with Crippen LogP contribution in [0.4, 0.5) is 10.5 Å². The van der Waals surface area contributed by atoms with Crippen molar-refractivity contribution >= 4 is 74.8 Å². The number of hydrogen-bond acceptors (Lipinski definition) is 4. The number of anilines is 1. The van der Waals surface area contributed by atoms with Gasteiger partial charge in [0.2, 0.25) is 5.91 Å². The van der Waals surface area contributed by atoms with Crippen LogP contribution >= 0.6 is 45.2 Å². The van der Waals surface area contributed by atoms with Gasteiger partial charge in [0.05, 0.1) is 7.14 Å². The van der Waals surface area contributed by atoms with Crippen molar-refractivity contribution in [3.63, 3.8) is 0 Å². The zero-order chi connectivity index (χ0) is 25.8. The molecular weight excluding hydrogens is 684 g/mol. The van der Waals surface area contributed by atoms with Crippen LogP contribution in [-0.2, 0) is 16.2 Å². The van der Waals surface area contributed by atoms with E-state index in [2.05, 4.69) is 61.9 Å². The second kappa shape index (κ2) is 11.4. The molecule has 0 aliphatic carbocycles. The van der Waals surface area contributed by atoms with Crippen molar-refractivity contribution in [2.75, 3.05) is 11.9 Å². The second-order valence-electron chi connectivity index (χ2n) is 8.39. The van der Waals surface area contributed by atoms with Crippen LogP contribution in [0.3, 0.4) is 0 Å². The lowest BCUT2D eigenvalue weighted by atomic mass is 10.1. The van der Waals surface area contributed by atoms with Crippen molar-refractivity contribution in [3.8, 4) is 5.75 Å². The van der Waals surface area contributed by atoms with Crippen molar-refractivity contribution in [2.45, 2.75) is 20.5 Å². The standard InChI is InChI=1S/C27H23I2N3O4/c1-16-5-3-7-18(9-16)15-36-25-21(28)11-19(12-22(25)29)13-23-26(34)32(27(35)31-23)14-24(33)30-20-8-4-6-17(2)10-20/h3-13H,14-15H2,1-2H3,(H,30,33)(H,31,35)/b23-13+. The lowest BCUT2D eigenvalue weighted by Gasteiger charge is -2.12. The van der Waals surface area contributed by atoms with Crippen LogP contribution in [0.2, 0.25) is 0 Å². The van der Waals surface area contributed by atoms with Crippen molar-refractivity contribution in [2.24, 2.45) is 0 Å². The average molecular weight is 707 g/mol. The number of hydrogen-bond donors (Lipinski definition) is 2. The molecule has 184 valence electrons. The number of halogens is 2. The quantitative estimate of drug-likeness (QED) is 0.190. The summed E-state index contributed by atoms with van der Waals surface area (Å²) < 4.78 is 7.82. The number of nitrogens with zero attached hydrogens (tertiary/aromatic N) is 1. The molecule has 9 heteroatoms. The fourth-order valence-electron chi connectivity index (χ4n) is 3.71. The van der Waals surface area contributed by atoms with Gasteiger partial charge >= 0.3 is 6.03 Å². The fraction of sp³-hybridized carbons (Fsp3) is 0.148. The molecule has 1 aliphatic heterocycles. The lowest BCUT2D eigenvalue weighted by molar-refractivity contribution is -0.127. The highest BCUT2D eigenvalue weighted by molar-refractivity contribution is 14.1. The van der Waals surface area contributed by atoms with E-state index in [1.54, 1.807) is 12.1 Å². The first kappa shape index (κ1) is 26.1. The Kier molecular flexibility index (Phi) is 8.29. The number of rotatable bonds is 7. The van der Waals surface area contributed by atoms with Crippen molar-refractivity contribution in [3.05, 3.63) is 95.8 Å². The zero-order valence-corrected chi connectivity index (χ0v) is 23.9. The highest BCUT2D eigenvalue weighted by Crippen LogP contribution is 2.31. The number of amides is 4. The number of carbonyl (C=O) groups is 3. The van der Waals surface area contributed by atoms with Gasteiger partial charge in [-0.1, -0.05) is 42.0 Å². The summed E-state index contributed by atoms with van der Waals surface area (Å²) in [5.74, 6) is -0.246. The normalized spacial score (nSPS) is 14.2. The van der Waals surface area contributed by atoms with E-state index in [0.29, 0.717) is 12.3 Å². The van der Waals surface area contributed by atoms with Crippen molar-refractivity contribution in [1.82, 2.24) is 10.2 Å². The predicted octanol–water partition coefficient (Wildman–Crippen LogP) is 5.62. The Balaban J connectivity index is 1.44. The fourth-order valence-corrected chi connectivity index (χ4v) is 5.83. The van der Waals surface area contributed by atoms with Gasteiger partial charge in [-0.3, -0.25) is 9.59 Å². The average Bonchev–Trinajstić information content (AvgIpc) is 3.06. The highest BCUT2D eigenvalue weighted by Gasteiger charge is 2.35. The number of nitrogens with one attached hydrogen (secondary N) is 2. The van der Waals surface area contributed by atoms with Gasteiger partial charge in [-0.15, -0.1) is 0 Å². The number of ether oxygens (including phenoxy) is 1. The monoisotopic (exact) mass is 707 g/mol. The number of urea groups is 1. The molecule has 1 fully saturated rings. The Labute approximate surface area is 236 Å². The van der Waals surface area contributed by atoms with E-state index in [9.17, 15) is 14.4 Å². The van der Waals surface area contributed by atoms with Crippen molar-refractivity contribution in [1.29, 1.82) is 0 Å². The number of benzene rings is 3. The van der Waals surface area contributed by atoms with Crippen LogP contribution in [0.25, 0.3) is 6.08 Å². The maximum absolute atomic E-state index is 12.9. The minimum atomic E-state index is -0.631. The van der Waals surface area contributed by atoms with Gasteiger partial charge in [0.1, 0.15) is 24.6 Å². The summed E-state index contributed by atoms with van der Waals surface area (Å²) in [5, 5.41) is 5.28. The molecule has 0 radical (unpaired) electrons. The summed E-state index contributed by atoms with van der Waals surface area (Å²) in [6, 6.07) is 18.6. The summed E-state index contributed by atoms with van der Waals surface area (Å²) in [5.41, 5.74) is 4.70. The summed E-state index contributed by atoms with van der Waals surface area (Å²) in [7, 11) is 0. The molecule has 3 aromatic rings. The Morgan fingerprint density at radius 1 is 1.00 bits per heavy atom. The molecule has 2 N–H and O–H groups in total. The Morgan fingerprint density at radius 3 is 2.33 bits per heavy atom. The molecule has 1 heterocycles. The molecule has 7 nitrogen and oxygen atoms in total. The molecule has 0 atom stereocenters. The first-order chi connectivity index (χ1) is 17.2. The first-order valence-corrected chi connectivity index (χ1v) is 13.2. The van der Waals surface area contributed by atoms with Crippen LogP contribution < -0.4 is 15.4 Å². The lowest BCUT2D eigenvalue weighted by Crippen LogP contribution is -2.38. The Morgan fingerprint density at radius 2 is 1.67 bits per heavy atom. The summed E-state index contributed by atoms with van der Waals surface area (Å²) in [6.07, 6.45) is 1.60. The van der Waals surface area contributed by atoms with E-state index in [1.807, 2.05) is 62.4 Å². The topological polar surface area (TPSA) is 87.7 Å². The minimum absolute atomic E-state index is 0.114. The van der Waals surface area contributed by atoms with Gasteiger partial charge in [-0.25, -0.2) is 9.69 Å². The molecule has 0 saturated carbocycles. The van der Waals surface area contributed by atoms with Gasteiger partial charge < -0.3 is 15.4 Å². The van der Waals surface area contributed by atoms with Gasteiger partial charge in [-0.05, 0) is 106 Å². The van der Waals surface area contributed by atoms with Gasteiger partial charge in [0.25, 0.3) is 5.91 Å². The predicted molar refractivity (Wildman–Crippen MR) is 155 cm³/mol. The molecule has 3 aromatic carbocycles. The maximum atomic E-state index is 12.9. The van der Waals surface area contributed by atoms with Gasteiger partial charge in [0.15, 0.2) is 0 Å². The van der Waals surface area contributed by atoms with Crippen LogP contribution in [0, 0.1) is 21.0 Å². The first-order valence-electron chi connectivity index (χ1n) is 11.1. The van der Waals surface area contributed by atoms with Crippen LogP contribution in [-0.4, -0.2) is 29.3 Å². The molecule has 1 aliphatic rings. The summed E-state index contributed by atoms with van der Waals surface area (Å²) >= 11 is 4.39. The SMILES string of the molecule is Cc1cccc(COc2c(I)cc(/C=C3/NC(=O)N(CC(=O)Nc4cccc(C)c4)C3=O)cc2I)c1. The number of aryl methyl sites for hydroxylation is 2. The van der Waals surface area contributed by atoms with Crippen LogP contribution in [0.5, 0.6) is 5.75 Å². The van der Waals surface area contributed by atoms with Crippen LogP contribution in [0.1, 0.15) is 22.3 Å². The van der Waals surface area contributed by atoms with E-state index in [4.69, 9.17) is 4.74 Å². The Bertz CT molecular complexity index is 1360. The molecule has 4 rings (SSSR count). The van der Waals surface area contributed by atoms with E-state index in [1.165, 1.54) is 5.56 Å². The number of carbonyl (C=O) groups excluding carboxylic acids is 3. The molecule has 0 spiro atoms. The van der Waals surface area contributed by atoms with E-state index in [0.717, 1.165) is 34.5 Å². The number of imide groups is 1. The molecular formula is C27H23I2N3O4. The third-order valence-electron chi connectivity index (χ3n) is 5.36. The zero-order valence-electron chi connectivity index (χ0n) is 19.6. The molecule has 0 unspecified atom stereocenters. The highest BCUT2D eigenvalue weighted by atomic mass is 127. The van der Waals surface area contributed by atoms with Gasteiger partial charge in [-0.2, -0.15) is 0 Å².